The third-order valence-electron chi connectivity index (χ3n) is 4.44. The van der Waals surface area contributed by atoms with Crippen LogP contribution in [0.15, 0.2) is 24.3 Å². The normalized spacial score (nSPS) is 17.5. The molecule has 1 aromatic carbocycles. The smallest absolute Gasteiger partial charge is 0.414 e. The number of rotatable bonds is 2. The second kappa shape index (κ2) is 6.60. The predicted molar refractivity (Wildman–Crippen MR) is 98.4 cm³/mol. The van der Waals surface area contributed by atoms with Gasteiger partial charge in [-0.2, -0.15) is 0 Å². The minimum Gasteiger partial charge on any atom is -0.443 e. The van der Waals surface area contributed by atoms with Gasteiger partial charge in [0.2, 0.25) is 0 Å². The molecule has 1 aromatic rings. The molecule has 1 aliphatic rings. The number of hydrogen-bond acceptors (Lipinski definition) is 3. The lowest BCUT2D eigenvalue weighted by molar-refractivity contribution is 0.0574. The maximum absolute atomic E-state index is 12.6. The number of fused-ring (bicyclic) bond motifs is 1. The molecule has 0 atom stereocenters. The maximum atomic E-state index is 12.6. The molecule has 0 fully saturated rings. The van der Waals surface area contributed by atoms with Gasteiger partial charge in [0.05, 0.1) is 12.3 Å². The summed E-state index contributed by atoms with van der Waals surface area (Å²) in [6.07, 6.45) is 2.38. The Kier molecular flexibility index (Phi) is 5.09. The summed E-state index contributed by atoms with van der Waals surface area (Å²) in [5.41, 5.74) is 3.64. The Morgan fingerprint density at radius 2 is 2.04 bits per heavy atom. The number of hydrogen-bond donors (Lipinski definition) is 1. The fraction of sp³-hybridized carbons (Fsp3) is 0.550. The van der Waals surface area contributed by atoms with Crippen LogP contribution in [0.2, 0.25) is 0 Å². The number of benzene rings is 1. The van der Waals surface area contributed by atoms with E-state index < -0.39 is 5.60 Å². The summed E-state index contributed by atoms with van der Waals surface area (Å²) in [5.74, 6) is 0. The van der Waals surface area contributed by atoms with Crippen LogP contribution in [-0.4, -0.2) is 30.0 Å². The van der Waals surface area contributed by atoms with E-state index >= 15 is 0 Å². The fourth-order valence-corrected chi connectivity index (χ4v) is 2.97. The van der Waals surface area contributed by atoms with Crippen LogP contribution in [0.25, 0.3) is 5.57 Å². The van der Waals surface area contributed by atoms with E-state index in [4.69, 9.17) is 9.84 Å². The lowest BCUT2D eigenvalue weighted by Gasteiger charge is -2.39. The first kappa shape index (κ1) is 18.5. The highest BCUT2D eigenvalue weighted by Crippen LogP contribution is 2.41. The lowest BCUT2D eigenvalue weighted by atomic mass is 9.77. The van der Waals surface area contributed by atoms with Crippen molar-refractivity contribution in [3.05, 3.63) is 35.4 Å². The molecule has 4 heteroatoms. The molecule has 2 rings (SSSR count). The van der Waals surface area contributed by atoms with Crippen molar-refractivity contribution in [2.24, 2.45) is 0 Å². The predicted octanol–water partition coefficient (Wildman–Crippen LogP) is 4.51. The van der Waals surface area contributed by atoms with Crippen molar-refractivity contribution in [3.63, 3.8) is 0 Å². The highest BCUT2D eigenvalue weighted by atomic mass is 16.6. The fourth-order valence-electron chi connectivity index (χ4n) is 2.97. The van der Waals surface area contributed by atoms with Crippen LogP contribution in [0.3, 0.4) is 0 Å². The number of amides is 1. The largest absolute Gasteiger partial charge is 0.443 e. The molecule has 0 radical (unpaired) electrons. The van der Waals surface area contributed by atoms with Crippen LogP contribution < -0.4 is 4.90 Å². The van der Waals surface area contributed by atoms with Gasteiger partial charge in [0, 0.05) is 6.54 Å². The molecule has 0 unspecified atom stereocenters. The summed E-state index contributed by atoms with van der Waals surface area (Å²) in [4.78, 5) is 14.3. The van der Waals surface area contributed by atoms with Gasteiger partial charge in [-0.15, -0.1) is 0 Å². The van der Waals surface area contributed by atoms with Gasteiger partial charge in [-0.1, -0.05) is 26.0 Å². The summed E-state index contributed by atoms with van der Waals surface area (Å²) < 4.78 is 5.56. The highest BCUT2D eigenvalue weighted by Gasteiger charge is 2.35. The molecule has 24 heavy (non-hydrogen) atoms. The van der Waals surface area contributed by atoms with Gasteiger partial charge in [0.25, 0.3) is 0 Å². The number of nitrogens with zero attached hydrogens (tertiary/aromatic N) is 1. The van der Waals surface area contributed by atoms with Crippen LogP contribution in [0.5, 0.6) is 0 Å². The average molecular weight is 331 g/mol. The van der Waals surface area contributed by atoms with Crippen molar-refractivity contribution in [3.8, 4) is 0 Å². The van der Waals surface area contributed by atoms with Gasteiger partial charge in [0.15, 0.2) is 0 Å². The molecule has 0 saturated heterocycles. The van der Waals surface area contributed by atoms with Crippen molar-refractivity contribution >= 4 is 17.4 Å². The third kappa shape index (κ3) is 3.99. The molecule has 0 aliphatic carbocycles. The molecule has 0 saturated carbocycles. The van der Waals surface area contributed by atoms with Crippen LogP contribution in [-0.2, 0) is 10.2 Å². The van der Waals surface area contributed by atoms with Gasteiger partial charge >= 0.3 is 6.09 Å². The summed E-state index contributed by atoms with van der Waals surface area (Å²) in [5, 5.41) is 9.12. The zero-order valence-electron chi connectivity index (χ0n) is 15.6. The maximum Gasteiger partial charge on any atom is 0.414 e. The van der Waals surface area contributed by atoms with Crippen LogP contribution in [0, 0.1) is 0 Å². The van der Waals surface area contributed by atoms with Gasteiger partial charge in [0.1, 0.15) is 5.60 Å². The second-order valence-corrected chi connectivity index (χ2v) is 8.07. The minimum absolute atomic E-state index is 0.0106. The molecular weight excluding hydrogens is 302 g/mol. The number of aliphatic hydroxyl groups is 1. The number of anilines is 1. The Hall–Kier alpha value is -1.81. The number of aliphatic hydroxyl groups excluding tert-OH is 1. The van der Waals surface area contributed by atoms with E-state index in [-0.39, 0.29) is 18.1 Å². The summed E-state index contributed by atoms with van der Waals surface area (Å²) >= 11 is 0. The standard InChI is InChI=1S/C20H29NO3/c1-14(9-12-22)15-7-8-17-16(13-15)20(5,6)10-11-21(17)18(23)24-19(2,3)4/h7-9,13,22H,10-12H2,1-6H3. The average Bonchev–Trinajstić information content (AvgIpc) is 2.45. The molecule has 0 spiro atoms. The first-order valence-electron chi connectivity index (χ1n) is 8.48. The van der Waals surface area contributed by atoms with Gasteiger partial charge in [-0.05, 0) is 68.4 Å². The monoisotopic (exact) mass is 331 g/mol. The molecule has 1 N–H and O–H groups in total. The minimum atomic E-state index is -0.509. The number of allylic oxidation sites excluding steroid dienone is 1. The van der Waals surface area contributed by atoms with Gasteiger partial charge < -0.3 is 9.84 Å². The molecule has 132 valence electrons. The van der Waals surface area contributed by atoms with Gasteiger partial charge in [-0.25, -0.2) is 4.79 Å². The van der Waals surface area contributed by atoms with E-state index in [9.17, 15) is 4.79 Å². The van der Waals surface area contributed by atoms with Crippen molar-refractivity contribution in [1.29, 1.82) is 0 Å². The zero-order chi connectivity index (χ0) is 18.1. The molecule has 1 aliphatic heterocycles. The molecule has 1 amide bonds. The van der Waals surface area contributed by atoms with Gasteiger partial charge in [-0.3, -0.25) is 4.90 Å². The second-order valence-electron chi connectivity index (χ2n) is 8.07. The first-order valence-corrected chi connectivity index (χ1v) is 8.48. The summed E-state index contributed by atoms with van der Waals surface area (Å²) in [7, 11) is 0. The van der Waals surface area contributed by atoms with E-state index in [1.54, 1.807) is 11.0 Å². The van der Waals surface area contributed by atoms with E-state index in [2.05, 4.69) is 19.9 Å². The number of carbonyl (C=O) groups is 1. The lowest BCUT2D eigenvalue weighted by Crippen LogP contribution is -2.43. The quantitative estimate of drug-likeness (QED) is 0.868. The van der Waals surface area contributed by atoms with Crippen molar-refractivity contribution in [2.75, 3.05) is 18.1 Å². The van der Waals surface area contributed by atoms with Crippen LogP contribution in [0.4, 0.5) is 10.5 Å². The van der Waals surface area contributed by atoms with Crippen LogP contribution in [0.1, 0.15) is 59.1 Å². The highest BCUT2D eigenvalue weighted by molar-refractivity contribution is 5.90. The van der Waals surface area contributed by atoms with E-state index in [1.807, 2.05) is 39.8 Å². The molecule has 1 heterocycles. The Bertz CT molecular complexity index is 653. The van der Waals surface area contributed by atoms with Crippen molar-refractivity contribution < 1.29 is 14.6 Å². The SMILES string of the molecule is CC(=CCO)c1ccc2c(c1)C(C)(C)CCN2C(=O)OC(C)(C)C. The van der Waals surface area contributed by atoms with Crippen molar-refractivity contribution in [2.45, 2.75) is 59.0 Å². The number of carbonyl (C=O) groups excluding carboxylic acids is 1. The van der Waals surface area contributed by atoms with E-state index in [1.165, 1.54) is 0 Å². The third-order valence-corrected chi connectivity index (χ3v) is 4.44. The molecular formula is C20H29NO3. The molecule has 4 nitrogen and oxygen atoms in total. The van der Waals surface area contributed by atoms with Crippen molar-refractivity contribution in [1.82, 2.24) is 0 Å². The van der Waals surface area contributed by atoms with Crippen LogP contribution >= 0.6 is 0 Å². The Morgan fingerprint density at radius 3 is 2.62 bits per heavy atom. The zero-order valence-corrected chi connectivity index (χ0v) is 15.6. The Labute approximate surface area is 145 Å². The first-order chi connectivity index (χ1) is 11.0. The van der Waals surface area contributed by atoms with E-state index in [0.29, 0.717) is 6.54 Å². The summed E-state index contributed by atoms with van der Waals surface area (Å²) in [6, 6.07) is 6.12. The summed E-state index contributed by atoms with van der Waals surface area (Å²) in [6.45, 7) is 12.7. The number of ether oxygens (including phenoxy) is 1. The molecule has 0 aromatic heterocycles. The Balaban J connectivity index is 2.44. The Morgan fingerprint density at radius 1 is 1.38 bits per heavy atom. The topological polar surface area (TPSA) is 49.8 Å². The molecule has 0 bridgehead atoms. The van der Waals surface area contributed by atoms with E-state index in [0.717, 1.165) is 28.8 Å².